The second-order valence-electron chi connectivity index (χ2n) is 11.6. The number of hydrogen-bond donors (Lipinski definition) is 0. The van der Waals surface area contributed by atoms with Gasteiger partial charge in [0.2, 0.25) is 19.2 Å². The molecule has 0 aliphatic carbocycles. The first-order valence-corrected chi connectivity index (χ1v) is 15.7. The number of hydrogen-bond acceptors (Lipinski definition) is 16. The van der Waals surface area contributed by atoms with Crippen LogP contribution in [0.2, 0.25) is 0 Å². The van der Waals surface area contributed by atoms with E-state index in [4.69, 9.17) is 52.1 Å². The molecule has 1 saturated heterocycles. The van der Waals surface area contributed by atoms with Crippen LogP contribution in [0.1, 0.15) is 43.6 Å². The van der Waals surface area contributed by atoms with Crippen LogP contribution >= 0.6 is 0 Å². The quantitative estimate of drug-likeness (QED) is 0.220. The first-order valence-electron chi connectivity index (χ1n) is 15.7. The molecule has 0 bridgehead atoms. The maximum Gasteiger partial charge on any atom is 0.339 e. The third-order valence-corrected chi connectivity index (χ3v) is 8.26. The molecule has 270 valence electrons. The molecule has 0 amide bonds. The van der Waals surface area contributed by atoms with Gasteiger partial charge in [0.25, 0.3) is 0 Å². The lowest BCUT2D eigenvalue weighted by molar-refractivity contribution is -0.288. The van der Waals surface area contributed by atoms with Crippen LogP contribution in [0, 0.1) is 0 Å². The maximum absolute atomic E-state index is 13.5. The Labute approximate surface area is 290 Å². The molecular weight excluding hydrogens is 676 g/mol. The lowest BCUT2D eigenvalue weighted by atomic mass is 9.89. The summed E-state index contributed by atoms with van der Waals surface area (Å²) < 4.78 is 62.6. The monoisotopic (exact) mass is 710 g/mol. The van der Waals surface area contributed by atoms with Crippen LogP contribution in [0.25, 0.3) is 21.9 Å². The van der Waals surface area contributed by atoms with E-state index < -0.39 is 67.2 Å². The summed E-state index contributed by atoms with van der Waals surface area (Å²) in [5.41, 5.74) is 1.52. The van der Waals surface area contributed by atoms with Gasteiger partial charge < -0.3 is 52.1 Å². The summed E-state index contributed by atoms with van der Waals surface area (Å²) in [5, 5.41) is 0.856. The molecule has 3 aliphatic heterocycles. The van der Waals surface area contributed by atoms with E-state index in [1.54, 1.807) is 30.3 Å². The number of esters is 5. The van der Waals surface area contributed by atoms with Gasteiger partial charge in [0, 0.05) is 44.2 Å². The van der Waals surface area contributed by atoms with Crippen molar-refractivity contribution in [1.29, 1.82) is 0 Å². The fourth-order valence-electron chi connectivity index (χ4n) is 6.29. The molecule has 0 radical (unpaired) electrons. The van der Waals surface area contributed by atoms with E-state index in [1.165, 1.54) is 21.1 Å². The van der Waals surface area contributed by atoms with E-state index in [1.807, 2.05) is 0 Å². The number of cyclic esters (lactones) is 1. The predicted molar refractivity (Wildman–Crippen MR) is 170 cm³/mol. The Morgan fingerprint density at radius 2 is 1.35 bits per heavy atom. The molecule has 1 fully saturated rings. The Kier molecular flexibility index (Phi) is 9.78. The Balaban J connectivity index is 1.57. The Hall–Kier alpha value is -5.77. The van der Waals surface area contributed by atoms with Crippen molar-refractivity contribution in [3.05, 3.63) is 41.5 Å². The van der Waals surface area contributed by atoms with Crippen LogP contribution in [0.5, 0.6) is 28.7 Å². The van der Waals surface area contributed by atoms with Crippen molar-refractivity contribution in [2.24, 2.45) is 0 Å². The number of carbonyl (C=O) groups excluding carboxylic acids is 5. The van der Waals surface area contributed by atoms with Crippen LogP contribution in [0.3, 0.4) is 0 Å². The zero-order chi connectivity index (χ0) is 36.6. The van der Waals surface area contributed by atoms with Gasteiger partial charge in [-0.3, -0.25) is 19.2 Å². The minimum absolute atomic E-state index is 0.0352. The first kappa shape index (κ1) is 35.1. The average molecular weight is 711 g/mol. The standard InChI is InChI=1S/C35H34O16/c1-15(36)43-13-27-31(47-16(2)37)32(48-17(3)38)33(49-18(4)39)35(50-27)51-30-21-11-25(42-6)24(41-5)10-20(21)28(29-22(30)12-44-34(29)40)19-7-8-23-26(9-19)46-14-45-23/h7-11,27,31-33,35H,12-14H2,1-6H3/t27-,31+,32+,33-,35?/m1/s1. The van der Waals surface area contributed by atoms with Gasteiger partial charge in [-0.25, -0.2) is 4.79 Å². The molecule has 16 nitrogen and oxygen atoms in total. The lowest BCUT2D eigenvalue weighted by Crippen LogP contribution is -2.63. The van der Waals surface area contributed by atoms with Crippen molar-refractivity contribution in [3.8, 4) is 39.9 Å². The molecule has 1 unspecified atom stereocenters. The molecule has 6 rings (SSSR count). The Morgan fingerprint density at radius 3 is 2.00 bits per heavy atom. The summed E-state index contributed by atoms with van der Waals surface area (Å²) in [6.07, 6.45) is -7.31. The number of rotatable bonds is 10. The summed E-state index contributed by atoms with van der Waals surface area (Å²) in [6.45, 7) is 3.85. The number of ether oxygens (including phenoxy) is 11. The Bertz CT molecular complexity index is 1920. The summed E-state index contributed by atoms with van der Waals surface area (Å²) in [6, 6.07) is 8.53. The van der Waals surface area contributed by atoms with Gasteiger partial charge in [-0.2, -0.15) is 0 Å². The smallest absolute Gasteiger partial charge is 0.339 e. The van der Waals surface area contributed by atoms with Gasteiger partial charge in [0.1, 0.15) is 25.1 Å². The van der Waals surface area contributed by atoms with Crippen molar-refractivity contribution in [2.45, 2.75) is 65.0 Å². The first-order chi connectivity index (χ1) is 24.4. The van der Waals surface area contributed by atoms with Gasteiger partial charge in [0.15, 0.2) is 35.2 Å². The topological polar surface area (TPSA) is 187 Å². The molecule has 3 aliphatic rings. The third kappa shape index (κ3) is 6.86. The van der Waals surface area contributed by atoms with E-state index >= 15 is 0 Å². The van der Waals surface area contributed by atoms with Crippen LogP contribution in [0.15, 0.2) is 30.3 Å². The molecule has 0 N–H and O–H groups in total. The predicted octanol–water partition coefficient (Wildman–Crippen LogP) is 3.39. The normalized spacial score (nSPS) is 21.6. The minimum atomic E-state index is -1.60. The van der Waals surface area contributed by atoms with Crippen LogP contribution in [-0.4, -0.2) is 88.2 Å². The highest BCUT2D eigenvalue weighted by Crippen LogP contribution is 2.50. The van der Waals surface area contributed by atoms with Gasteiger partial charge in [-0.15, -0.1) is 0 Å². The molecule has 16 heteroatoms. The molecule has 3 aromatic carbocycles. The van der Waals surface area contributed by atoms with Crippen LogP contribution in [0.4, 0.5) is 0 Å². The van der Waals surface area contributed by atoms with Gasteiger partial charge >= 0.3 is 29.8 Å². The van der Waals surface area contributed by atoms with E-state index in [-0.39, 0.29) is 24.7 Å². The van der Waals surface area contributed by atoms with Crippen LogP contribution in [-0.2, 0) is 54.2 Å². The van der Waals surface area contributed by atoms with E-state index in [0.717, 1.165) is 20.8 Å². The van der Waals surface area contributed by atoms with Crippen molar-refractivity contribution >= 4 is 40.6 Å². The molecule has 5 atom stereocenters. The second-order valence-corrected chi connectivity index (χ2v) is 11.6. The fourth-order valence-corrected chi connectivity index (χ4v) is 6.29. The highest BCUT2D eigenvalue weighted by molar-refractivity contribution is 6.14. The highest BCUT2D eigenvalue weighted by Gasteiger charge is 2.54. The number of carbonyl (C=O) groups is 5. The van der Waals surface area contributed by atoms with Gasteiger partial charge in [-0.05, 0) is 35.2 Å². The third-order valence-electron chi connectivity index (χ3n) is 8.26. The summed E-state index contributed by atoms with van der Waals surface area (Å²) in [7, 11) is 2.91. The van der Waals surface area contributed by atoms with Crippen molar-refractivity contribution < 1.29 is 76.1 Å². The second kappa shape index (κ2) is 14.2. The highest BCUT2D eigenvalue weighted by atomic mass is 16.7. The maximum atomic E-state index is 13.5. The summed E-state index contributed by atoms with van der Waals surface area (Å²) in [4.78, 5) is 62.5. The van der Waals surface area contributed by atoms with Gasteiger partial charge in [0.05, 0.1) is 19.8 Å². The van der Waals surface area contributed by atoms with E-state index in [9.17, 15) is 24.0 Å². The van der Waals surface area contributed by atoms with E-state index in [0.29, 0.717) is 50.5 Å². The molecule has 3 heterocycles. The average Bonchev–Trinajstić information content (AvgIpc) is 3.71. The van der Waals surface area contributed by atoms with E-state index in [2.05, 4.69) is 0 Å². The summed E-state index contributed by atoms with van der Waals surface area (Å²) >= 11 is 0. The largest absolute Gasteiger partial charge is 0.493 e. The zero-order valence-corrected chi connectivity index (χ0v) is 28.4. The SMILES string of the molecule is COc1cc2c(OC3O[C@H](COC(C)=O)[C@H](OC(C)=O)[C@H](OC(C)=O)[C@H]3OC(C)=O)c3c(c(-c4ccc5c(c4)OCO5)c2cc1OC)C(=O)OC3. The number of fused-ring (bicyclic) bond motifs is 3. The number of methoxy groups -OCH3 is 2. The minimum Gasteiger partial charge on any atom is -0.493 e. The molecule has 3 aromatic rings. The van der Waals surface area contributed by atoms with Crippen molar-refractivity contribution in [3.63, 3.8) is 0 Å². The molecular formula is C35H34O16. The molecule has 0 aromatic heterocycles. The lowest BCUT2D eigenvalue weighted by Gasteiger charge is -2.44. The zero-order valence-electron chi connectivity index (χ0n) is 28.4. The molecule has 0 spiro atoms. The number of benzene rings is 3. The van der Waals surface area contributed by atoms with Crippen LogP contribution < -0.4 is 23.7 Å². The van der Waals surface area contributed by atoms with Crippen molar-refractivity contribution in [1.82, 2.24) is 0 Å². The molecule has 0 saturated carbocycles. The summed E-state index contributed by atoms with van der Waals surface area (Å²) in [5.74, 6) is -2.03. The van der Waals surface area contributed by atoms with Crippen molar-refractivity contribution in [2.75, 3.05) is 27.6 Å². The Morgan fingerprint density at radius 1 is 0.725 bits per heavy atom. The van der Waals surface area contributed by atoms with Gasteiger partial charge in [-0.1, -0.05) is 6.07 Å². The fraction of sp³-hybridized carbons (Fsp3) is 0.400. The molecule has 51 heavy (non-hydrogen) atoms.